The van der Waals surface area contributed by atoms with Crippen molar-refractivity contribution in [2.75, 3.05) is 65.6 Å². The Labute approximate surface area is 187 Å². The van der Waals surface area contributed by atoms with Crippen LogP contribution in [0.3, 0.4) is 0 Å². The van der Waals surface area contributed by atoms with E-state index in [2.05, 4.69) is 20.5 Å². The maximum absolute atomic E-state index is 12.2. The highest BCUT2D eigenvalue weighted by Gasteiger charge is 2.27. The predicted molar refractivity (Wildman–Crippen MR) is 122 cm³/mol. The van der Waals surface area contributed by atoms with Gasteiger partial charge in [0, 0.05) is 45.8 Å². The highest BCUT2D eigenvalue weighted by atomic mass is 16.6. The third kappa shape index (κ3) is 10.1. The fraction of sp³-hybridized carbons (Fsp3) is 0.909. The van der Waals surface area contributed by atoms with Crippen LogP contribution < -0.4 is 10.6 Å². The van der Waals surface area contributed by atoms with Crippen LogP contribution in [0.5, 0.6) is 0 Å². The maximum Gasteiger partial charge on any atom is 0.410 e. The van der Waals surface area contributed by atoms with E-state index in [1.165, 1.54) is 0 Å². The van der Waals surface area contributed by atoms with E-state index >= 15 is 0 Å². The number of aliphatic imine (C=N–C) groups is 1. The SMILES string of the molecule is CCNC(=NCC(C)(O)CN1CCOCC1)NCC1CCN(C(=O)OC(C)(C)C)CC1. The van der Waals surface area contributed by atoms with Crippen LogP contribution in [-0.4, -0.2) is 104 Å². The molecule has 0 spiro atoms. The van der Waals surface area contributed by atoms with E-state index in [9.17, 15) is 9.90 Å². The predicted octanol–water partition coefficient (Wildman–Crippen LogP) is 1.27. The van der Waals surface area contributed by atoms with Crippen molar-refractivity contribution in [1.29, 1.82) is 0 Å². The van der Waals surface area contributed by atoms with Gasteiger partial charge in [-0.1, -0.05) is 0 Å². The van der Waals surface area contributed by atoms with Crippen LogP contribution in [0.2, 0.25) is 0 Å². The van der Waals surface area contributed by atoms with Crippen molar-refractivity contribution in [3.63, 3.8) is 0 Å². The Morgan fingerprint density at radius 3 is 2.35 bits per heavy atom. The number of likely N-dealkylation sites (tertiary alicyclic amines) is 1. The molecule has 9 heteroatoms. The van der Waals surface area contributed by atoms with Crippen molar-refractivity contribution in [2.24, 2.45) is 10.9 Å². The van der Waals surface area contributed by atoms with E-state index in [0.29, 0.717) is 32.1 Å². The van der Waals surface area contributed by atoms with Gasteiger partial charge >= 0.3 is 6.09 Å². The standard InChI is InChI=1S/C22H43N5O4/c1-6-23-19(25-16-22(5,29)17-26-11-13-30-14-12-26)24-15-18-7-9-27(10-8-18)20(28)31-21(2,3)4/h18,29H,6-17H2,1-5H3,(H2,23,24,25). The number of hydrogen-bond acceptors (Lipinski definition) is 6. The van der Waals surface area contributed by atoms with Crippen molar-refractivity contribution >= 4 is 12.1 Å². The van der Waals surface area contributed by atoms with Crippen molar-refractivity contribution in [3.05, 3.63) is 0 Å². The van der Waals surface area contributed by atoms with Crippen molar-refractivity contribution < 1.29 is 19.4 Å². The first-order valence-electron chi connectivity index (χ1n) is 11.6. The molecule has 2 fully saturated rings. The van der Waals surface area contributed by atoms with E-state index in [1.54, 1.807) is 4.90 Å². The average molecular weight is 442 g/mol. The number of amides is 1. The summed E-state index contributed by atoms with van der Waals surface area (Å²) in [6.07, 6.45) is 1.64. The number of nitrogens with one attached hydrogen (secondary N) is 2. The molecule has 1 amide bonds. The number of hydrogen-bond donors (Lipinski definition) is 3. The van der Waals surface area contributed by atoms with Crippen LogP contribution in [0.25, 0.3) is 0 Å². The Hall–Kier alpha value is -1.58. The molecule has 2 aliphatic heterocycles. The summed E-state index contributed by atoms with van der Waals surface area (Å²) >= 11 is 0. The third-order valence-electron chi connectivity index (χ3n) is 5.41. The normalized spacial score (nSPS) is 21.5. The van der Waals surface area contributed by atoms with Crippen LogP contribution in [-0.2, 0) is 9.47 Å². The molecule has 180 valence electrons. The first-order valence-corrected chi connectivity index (χ1v) is 11.6. The molecule has 0 aromatic heterocycles. The highest BCUT2D eigenvalue weighted by molar-refractivity contribution is 5.79. The van der Waals surface area contributed by atoms with E-state index < -0.39 is 11.2 Å². The van der Waals surface area contributed by atoms with Gasteiger partial charge in [0.05, 0.1) is 25.4 Å². The first kappa shape index (κ1) is 25.7. The summed E-state index contributed by atoms with van der Waals surface area (Å²) in [4.78, 5) is 20.9. The number of guanidine groups is 1. The Morgan fingerprint density at radius 2 is 1.77 bits per heavy atom. The lowest BCUT2D eigenvalue weighted by Crippen LogP contribution is -2.48. The summed E-state index contributed by atoms with van der Waals surface area (Å²) in [6.45, 7) is 16.6. The van der Waals surface area contributed by atoms with Gasteiger partial charge in [0.2, 0.25) is 0 Å². The molecular formula is C22H43N5O4. The van der Waals surface area contributed by atoms with E-state index in [4.69, 9.17) is 9.47 Å². The molecule has 1 atom stereocenters. The second kappa shape index (κ2) is 11.9. The lowest BCUT2D eigenvalue weighted by molar-refractivity contribution is -0.0180. The van der Waals surface area contributed by atoms with Gasteiger partial charge in [-0.3, -0.25) is 9.89 Å². The number of β-amino-alcohol motifs (C(OH)–C–C–N with tert-alkyl or cyclic N) is 1. The molecule has 0 aliphatic carbocycles. The molecule has 9 nitrogen and oxygen atoms in total. The van der Waals surface area contributed by atoms with Crippen molar-refractivity contribution in [3.8, 4) is 0 Å². The Balaban J connectivity index is 1.76. The Morgan fingerprint density at radius 1 is 1.13 bits per heavy atom. The molecule has 2 saturated heterocycles. The fourth-order valence-corrected chi connectivity index (χ4v) is 3.77. The molecule has 0 saturated carbocycles. The van der Waals surface area contributed by atoms with Crippen molar-refractivity contribution in [2.45, 2.75) is 58.7 Å². The summed E-state index contributed by atoms with van der Waals surface area (Å²) < 4.78 is 10.8. The van der Waals surface area contributed by atoms with Gasteiger partial charge in [-0.15, -0.1) is 0 Å². The molecule has 0 radical (unpaired) electrons. The molecule has 0 aromatic carbocycles. The number of aliphatic hydroxyl groups is 1. The van der Waals surface area contributed by atoms with E-state index in [0.717, 1.165) is 58.2 Å². The zero-order chi connectivity index (χ0) is 22.9. The molecule has 2 rings (SSSR count). The Kier molecular flexibility index (Phi) is 9.84. The molecule has 0 aromatic rings. The maximum atomic E-state index is 12.2. The molecule has 2 aliphatic rings. The fourth-order valence-electron chi connectivity index (χ4n) is 3.77. The summed E-state index contributed by atoms with van der Waals surface area (Å²) in [7, 11) is 0. The third-order valence-corrected chi connectivity index (χ3v) is 5.41. The largest absolute Gasteiger partial charge is 0.444 e. The number of morpholine rings is 1. The van der Waals surface area contributed by atoms with Gasteiger partial charge in [0.25, 0.3) is 0 Å². The minimum atomic E-state index is -0.890. The van der Waals surface area contributed by atoms with Gasteiger partial charge in [0.15, 0.2) is 5.96 Å². The van der Waals surface area contributed by atoms with Crippen LogP contribution in [0.15, 0.2) is 4.99 Å². The monoisotopic (exact) mass is 441 g/mol. The number of carbonyl (C=O) groups excluding carboxylic acids is 1. The van der Waals surface area contributed by atoms with Gasteiger partial charge in [-0.05, 0) is 53.4 Å². The zero-order valence-electron chi connectivity index (χ0n) is 20.1. The highest BCUT2D eigenvalue weighted by Crippen LogP contribution is 2.19. The summed E-state index contributed by atoms with van der Waals surface area (Å²) in [6, 6.07) is 0. The number of carbonyl (C=O) groups is 1. The van der Waals surface area contributed by atoms with Crippen LogP contribution >= 0.6 is 0 Å². The smallest absolute Gasteiger partial charge is 0.410 e. The number of rotatable bonds is 7. The van der Waals surface area contributed by atoms with Gasteiger partial charge in [-0.25, -0.2) is 4.79 Å². The number of piperidine rings is 1. The topological polar surface area (TPSA) is 98.7 Å². The molecule has 2 heterocycles. The number of nitrogens with zero attached hydrogens (tertiary/aromatic N) is 3. The lowest BCUT2D eigenvalue weighted by atomic mass is 9.97. The molecular weight excluding hydrogens is 398 g/mol. The van der Waals surface area contributed by atoms with Gasteiger partial charge in [0.1, 0.15) is 5.60 Å². The summed E-state index contributed by atoms with van der Waals surface area (Å²) in [5, 5.41) is 17.4. The first-order chi connectivity index (χ1) is 14.6. The minimum Gasteiger partial charge on any atom is -0.444 e. The summed E-state index contributed by atoms with van der Waals surface area (Å²) in [5.74, 6) is 1.19. The lowest BCUT2D eigenvalue weighted by Gasteiger charge is -2.34. The van der Waals surface area contributed by atoms with E-state index in [-0.39, 0.29) is 6.09 Å². The van der Waals surface area contributed by atoms with Crippen molar-refractivity contribution in [1.82, 2.24) is 20.4 Å². The van der Waals surface area contributed by atoms with Crippen LogP contribution in [0.1, 0.15) is 47.5 Å². The van der Waals surface area contributed by atoms with Crippen LogP contribution in [0, 0.1) is 5.92 Å². The quantitative estimate of drug-likeness (QED) is 0.404. The van der Waals surface area contributed by atoms with Gasteiger partial charge < -0.3 is 30.1 Å². The van der Waals surface area contributed by atoms with Crippen LogP contribution in [0.4, 0.5) is 4.79 Å². The van der Waals surface area contributed by atoms with Gasteiger partial charge in [-0.2, -0.15) is 0 Å². The minimum absolute atomic E-state index is 0.226. The average Bonchev–Trinajstić information content (AvgIpc) is 2.69. The summed E-state index contributed by atoms with van der Waals surface area (Å²) in [5.41, 5.74) is -1.35. The molecule has 0 bridgehead atoms. The molecule has 1 unspecified atom stereocenters. The Bertz CT molecular complexity index is 577. The second-order valence-electron chi connectivity index (χ2n) is 9.87. The zero-order valence-corrected chi connectivity index (χ0v) is 20.1. The molecule has 3 N–H and O–H groups in total. The van der Waals surface area contributed by atoms with E-state index in [1.807, 2.05) is 34.6 Å². The number of ether oxygens (including phenoxy) is 2. The molecule has 31 heavy (non-hydrogen) atoms. The second-order valence-corrected chi connectivity index (χ2v) is 9.87.